The molecule has 1 amide bonds. The molecule has 190 valence electrons. The van der Waals surface area contributed by atoms with E-state index in [2.05, 4.69) is 0 Å². The number of sulfonamides is 2. The Kier molecular flexibility index (Phi) is 6.98. The number of hydrogen-bond donors (Lipinski definition) is 0. The lowest BCUT2D eigenvalue weighted by Crippen LogP contribution is -2.56. The van der Waals surface area contributed by atoms with Gasteiger partial charge in [-0.1, -0.05) is 17.7 Å². The van der Waals surface area contributed by atoms with E-state index in [-0.39, 0.29) is 36.8 Å². The Morgan fingerprint density at radius 3 is 2.11 bits per heavy atom. The Morgan fingerprint density at radius 1 is 0.914 bits per heavy atom. The fourth-order valence-corrected chi connectivity index (χ4v) is 6.83. The molecule has 0 N–H and O–H groups in total. The van der Waals surface area contributed by atoms with Crippen molar-refractivity contribution in [3.05, 3.63) is 48.0 Å². The molecule has 0 saturated carbocycles. The fraction of sp³-hybridized carbons (Fsp3) is 0.435. The SMILES string of the molecule is Cc1ccc(S(=O)(=O)N2CCN(C(=O)[C@H](C)N(c3ccc4c(c3)OCCO4)S(C)(=O)=O)CC2)cc1. The summed E-state index contributed by atoms with van der Waals surface area (Å²) in [5, 5.41) is 0. The van der Waals surface area contributed by atoms with Crippen molar-refractivity contribution in [2.75, 3.05) is 50.0 Å². The van der Waals surface area contributed by atoms with E-state index >= 15 is 0 Å². The van der Waals surface area contributed by atoms with Gasteiger partial charge in [0.05, 0.1) is 16.8 Å². The maximum Gasteiger partial charge on any atom is 0.246 e. The highest BCUT2D eigenvalue weighted by atomic mass is 32.2. The number of carbonyl (C=O) groups excluding carboxylic acids is 1. The lowest BCUT2D eigenvalue weighted by atomic mass is 10.2. The van der Waals surface area contributed by atoms with Gasteiger partial charge in [-0.2, -0.15) is 4.31 Å². The van der Waals surface area contributed by atoms with Gasteiger partial charge in [0.2, 0.25) is 26.0 Å². The van der Waals surface area contributed by atoms with Crippen LogP contribution in [-0.2, 0) is 24.8 Å². The minimum atomic E-state index is -3.82. The highest BCUT2D eigenvalue weighted by molar-refractivity contribution is 7.92. The number of rotatable bonds is 6. The molecule has 2 aromatic rings. The molecule has 4 rings (SSSR count). The number of anilines is 1. The molecule has 1 atom stereocenters. The standard InChI is InChI=1S/C23H29N3O7S2/c1-17-4-7-20(8-5-17)35(30,31)25-12-10-24(11-13-25)23(27)18(2)26(34(3,28)29)19-6-9-21-22(16-19)33-15-14-32-21/h4-9,16,18H,10-15H2,1-3H3/t18-/m0/s1. The van der Waals surface area contributed by atoms with Gasteiger partial charge in [0.1, 0.15) is 19.3 Å². The van der Waals surface area contributed by atoms with E-state index in [0.29, 0.717) is 24.7 Å². The molecular weight excluding hydrogens is 494 g/mol. The maximum absolute atomic E-state index is 13.3. The van der Waals surface area contributed by atoms with E-state index in [1.807, 2.05) is 6.92 Å². The lowest BCUT2D eigenvalue weighted by molar-refractivity contribution is -0.133. The Bertz CT molecular complexity index is 1300. The van der Waals surface area contributed by atoms with Gasteiger partial charge in [-0.25, -0.2) is 16.8 Å². The van der Waals surface area contributed by atoms with Crippen molar-refractivity contribution in [3.8, 4) is 11.5 Å². The number of aryl methyl sites for hydroxylation is 1. The van der Waals surface area contributed by atoms with E-state index in [9.17, 15) is 21.6 Å². The molecule has 2 aromatic carbocycles. The van der Waals surface area contributed by atoms with Gasteiger partial charge < -0.3 is 14.4 Å². The second-order valence-electron chi connectivity index (χ2n) is 8.61. The van der Waals surface area contributed by atoms with E-state index < -0.39 is 32.0 Å². The predicted octanol–water partition coefficient (Wildman–Crippen LogP) is 1.45. The smallest absolute Gasteiger partial charge is 0.246 e. The van der Waals surface area contributed by atoms with Crippen LogP contribution in [0.2, 0.25) is 0 Å². The molecule has 35 heavy (non-hydrogen) atoms. The molecule has 0 radical (unpaired) electrons. The summed E-state index contributed by atoms with van der Waals surface area (Å²) in [6.45, 7) is 4.72. The number of carbonyl (C=O) groups is 1. The van der Waals surface area contributed by atoms with E-state index in [1.165, 1.54) is 16.1 Å². The van der Waals surface area contributed by atoms with E-state index in [1.54, 1.807) is 42.5 Å². The van der Waals surface area contributed by atoms with Crippen LogP contribution in [0.5, 0.6) is 11.5 Å². The van der Waals surface area contributed by atoms with Gasteiger partial charge in [0.25, 0.3) is 0 Å². The largest absolute Gasteiger partial charge is 0.486 e. The van der Waals surface area contributed by atoms with Crippen molar-refractivity contribution >= 4 is 31.6 Å². The average molecular weight is 524 g/mol. The van der Waals surface area contributed by atoms with Gasteiger partial charge in [-0.05, 0) is 38.1 Å². The lowest BCUT2D eigenvalue weighted by Gasteiger charge is -2.37. The van der Waals surface area contributed by atoms with Crippen LogP contribution in [0, 0.1) is 6.92 Å². The van der Waals surface area contributed by atoms with Crippen LogP contribution in [0.25, 0.3) is 0 Å². The number of ether oxygens (including phenoxy) is 2. The zero-order valence-electron chi connectivity index (χ0n) is 19.9. The molecule has 2 heterocycles. The van der Waals surface area contributed by atoms with Crippen molar-refractivity contribution in [2.45, 2.75) is 24.8 Å². The fourth-order valence-electron chi connectivity index (χ4n) is 4.24. The predicted molar refractivity (Wildman–Crippen MR) is 131 cm³/mol. The second kappa shape index (κ2) is 9.67. The van der Waals surface area contributed by atoms with Crippen molar-refractivity contribution in [3.63, 3.8) is 0 Å². The number of fused-ring (bicyclic) bond motifs is 1. The molecule has 1 saturated heterocycles. The molecule has 1 fully saturated rings. The van der Waals surface area contributed by atoms with Crippen molar-refractivity contribution in [1.82, 2.24) is 9.21 Å². The first-order chi connectivity index (χ1) is 16.5. The number of nitrogens with zero attached hydrogens (tertiary/aromatic N) is 3. The summed E-state index contributed by atoms with van der Waals surface area (Å²) in [7, 11) is -7.49. The molecule has 0 aromatic heterocycles. The van der Waals surface area contributed by atoms with Crippen LogP contribution in [0.4, 0.5) is 5.69 Å². The van der Waals surface area contributed by atoms with Crippen molar-refractivity contribution < 1.29 is 31.1 Å². The molecule has 12 heteroatoms. The summed E-state index contributed by atoms with van der Waals surface area (Å²) in [6.07, 6.45) is 1.04. The highest BCUT2D eigenvalue weighted by Crippen LogP contribution is 2.35. The normalized spacial score (nSPS) is 17.6. The molecule has 2 aliphatic heterocycles. The Hall–Kier alpha value is -2.83. The van der Waals surface area contributed by atoms with Gasteiger partial charge in [0.15, 0.2) is 11.5 Å². The molecule has 10 nitrogen and oxygen atoms in total. The van der Waals surface area contributed by atoms with Gasteiger partial charge >= 0.3 is 0 Å². The summed E-state index contributed by atoms with van der Waals surface area (Å²) in [5.41, 5.74) is 1.25. The summed E-state index contributed by atoms with van der Waals surface area (Å²) in [4.78, 5) is 15.0. The molecule has 0 unspecified atom stereocenters. The maximum atomic E-state index is 13.3. The minimum Gasteiger partial charge on any atom is -0.486 e. The summed E-state index contributed by atoms with van der Waals surface area (Å²) in [5.74, 6) is 0.521. The summed E-state index contributed by atoms with van der Waals surface area (Å²) >= 11 is 0. The molecule has 0 aliphatic carbocycles. The Labute approximate surface area is 206 Å². The monoisotopic (exact) mass is 523 g/mol. The number of amides is 1. The summed E-state index contributed by atoms with van der Waals surface area (Å²) in [6, 6.07) is 10.3. The first-order valence-corrected chi connectivity index (χ1v) is 14.5. The Morgan fingerprint density at radius 2 is 1.51 bits per heavy atom. The van der Waals surface area contributed by atoms with Crippen molar-refractivity contribution in [2.24, 2.45) is 0 Å². The quantitative estimate of drug-likeness (QED) is 0.563. The first kappa shape index (κ1) is 25.3. The first-order valence-electron chi connectivity index (χ1n) is 11.2. The van der Waals surface area contributed by atoms with Crippen LogP contribution < -0.4 is 13.8 Å². The van der Waals surface area contributed by atoms with Crippen LogP contribution in [0.1, 0.15) is 12.5 Å². The Balaban J connectivity index is 1.49. The third kappa shape index (κ3) is 5.24. The van der Waals surface area contributed by atoms with Crippen molar-refractivity contribution in [1.29, 1.82) is 0 Å². The van der Waals surface area contributed by atoms with Crippen LogP contribution in [0.3, 0.4) is 0 Å². The van der Waals surface area contributed by atoms with Crippen LogP contribution in [-0.4, -0.2) is 83.6 Å². The number of hydrogen-bond acceptors (Lipinski definition) is 7. The van der Waals surface area contributed by atoms with Crippen LogP contribution in [0.15, 0.2) is 47.4 Å². The molecule has 0 spiro atoms. The highest BCUT2D eigenvalue weighted by Gasteiger charge is 2.36. The third-order valence-corrected chi connectivity index (χ3v) is 9.21. The summed E-state index contributed by atoms with van der Waals surface area (Å²) < 4.78 is 64.8. The van der Waals surface area contributed by atoms with E-state index in [0.717, 1.165) is 16.1 Å². The molecule has 2 aliphatic rings. The minimum absolute atomic E-state index is 0.123. The third-order valence-electron chi connectivity index (χ3n) is 6.06. The number of benzene rings is 2. The van der Waals surface area contributed by atoms with Gasteiger partial charge in [-0.3, -0.25) is 9.10 Å². The van der Waals surface area contributed by atoms with Gasteiger partial charge in [-0.15, -0.1) is 0 Å². The van der Waals surface area contributed by atoms with Gasteiger partial charge in [0, 0.05) is 32.2 Å². The second-order valence-corrected chi connectivity index (χ2v) is 12.4. The zero-order valence-corrected chi connectivity index (χ0v) is 21.5. The van der Waals surface area contributed by atoms with E-state index in [4.69, 9.17) is 9.47 Å². The average Bonchev–Trinajstić information content (AvgIpc) is 2.83. The zero-order chi connectivity index (χ0) is 25.4. The van der Waals surface area contributed by atoms with Crippen LogP contribution >= 0.6 is 0 Å². The number of piperazine rings is 1. The molecular formula is C23H29N3O7S2. The molecule has 0 bridgehead atoms. The topological polar surface area (TPSA) is 114 Å².